The van der Waals surface area contributed by atoms with Crippen LogP contribution in [0.1, 0.15) is 49.8 Å². The lowest BCUT2D eigenvalue weighted by Crippen LogP contribution is -2.08. The SMILES string of the molecule is CCCC(O)c1cc(Cl)c2c(c1)C(C)C(=O)N2. The Morgan fingerprint density at radius 1 is 1.53 bits per heavy atom. The Labute approximate surface area is 106 Å². The molecule has 4 heteroatoms. The Morgan fingerprint density at radius 2 is 2.24 bits per heavy atom. The zero-order chi connectivity index (χ0) is 12.6. The molecule has 1 aliphatic rings. The minimum Gasteiger partial charge on any atom is -0.388 e. The topological polar surface area (TPSA) is 49.3 Å². The molecule has 0 radical (unpaired) electrons. The van der Waals surface area contributed by atoms with E-state index in [0.717, 1.165) is 17.5 Å². The predicted octanol–water partition coefficient (Wildman–Crippen LogP) is 3.23. The highest BCUT2D eigenvalue weighted by Crippen LogP contribution is 2.40. The maximum Gasteiger partial charge on any atom is 0.231 e. The van der Waals surface area contributed by atoms with E-state index in [1.807, 2.05) is 19.9 Å². The van der Waals surface area contributed by atoms with E-state index in [1.54, 1.807) is 6.07 Å². The highest BCUT2D eigenvalue weighted by Gasteiger charge is 2.29. The summed E-state index contributed by atoms with van der Waals surface area (Å²) in [7, 11) is 0. The van der Waals surface area contributed by atoms with Gasteiger partial charge in [0.25, 0.3) is 0 Å². The number of nitrogens with one attached hydrogen (secondary N) is 1. The number of amides is 1. The number of anilines is 1. The largest absolute Gasteiger partial charge is 0.388 e. The van der Waals surface area contributed by atoms with Gasteiger partial charge in [-0.2, -0.15) is 0 Å². The molecule has 1 aromatic carbocycles. The van der Waals surface area contributed by atoms with E-state index in [1.165, 1.54) is 0 Å². The second kappa shape index (κ2) is 4.67. The number of aliphatic hydroxyl groups excluding tert-OH is 1. The molecule has 0 aliphatic carbocycles. The van der Waals surface area contributed by atoms with Gasteiger partial charge in [-0.1, -0.05) is 31.0 Å². The highest BCUT2D eigenvalue weighted by molar-refractivity contribution is 6.34. The van der Waals surface area contributed by atoms with Crippen molar-refractivity contribution >= 4 is 23.2 Å². The van der Waals surface area contributed by atoms with Crippen LogP contribution in [0, 0.1) is 0 Å². The number of hydrogen-bond acceptors (Lipinski definition) is 2. The standard InChI is InChI=1S/C13H16ClNO2/c1-3-4-11(16)8-5-9-7(2)13(17)15-12(9)10(14)6-8/h5-7,11,16H,3-4H2,1-2H3,(H,15,17). The number of hydrogen-bond donors (Lipinski definition) is 2. The molecule has 2 unspecified atom stereocenters. The minimum absolute atomic E-state index is 0.0379. The van der Waals surface area contributed by atoms with Crippen LogP contribution in [0.15, 0.2) is 12.1 Å². The van der Waals surface area contributed by atoms with Gasteiger partial charge in [0.05, 0.1) is 22.7 Å². The molecule has 2 rings (SSSR count). The number of halogens is 1. The molecule has 2 atom stereocenters. The molecule has 1 aromatic rings. The molecule has 1 amide bonds. The summed E-state index contributed by atoms with van der Waals surface area (Å²) < 4.78 is 0. The van der Waals surface area contributed by atoms with E-state index in [0.29, 0.717) is 17.1 Å². The van der Waals surface area contributed by atoms with Crippen molar-refractivity contribution in [1.29, 1.82) is 0 Å². The summed E-state index contributed by atoms with van der Waals surface area (Å²) in [5.74, 6) is -0.236. The monoisotopic (exact) mass is 253 g/mol. The van der Waals surface area contributed by atoms with Crippen LogP contribution in [0.3, 0.4) is 0 Å². The summed E-state index contributed by atoms with van der Waals surface area (Å²) in [6.07, 6.45) is 1.10. The van der Waals surface area contributed by atoms with Crippen LogP contribution in [0.2, 0.25) is 5.02 Å². The van der Waals surface area contributed by atoms with E-state index in [2.05, 4.69) is 5.32 Å². The van der Waals surface area contributed by atoms with Crippen molar-refractivity contribution in [3.8, 4) is 0 Å². The Balaban J connectivity index is 2.41. The summed E-state index contributed by atoms with van der Waals surface area (Å²) in [5, 5.41) is 13.2. The quantitative estimate of drug-likeness (QED) is 0.869. The van der Waals surface area contributed by atoms with Gasteiger partial charge in [0.2, 0.25) is 5.91 Å². The number of rotatable bonds is 3. The van der Waals surface area contributed by atoms with Gasteiger partial charge in [0.15, 0.2) is 0 Å². The Bertz CT molecular complexity index is 459. The second-order valence-corrected chi connectivity index (χ2v) is 4.89. The molecule has 0 bridgehead atoms. The third kappa shape index (κ3) is 2.17. The van der Waals surface area contributed by atoms with Gasteiger partial charge in [-0.05, 0) is 30.5 Å². The van der Waals surface area contributed by atoms with Gasteiger partial charge >= 0.3 is 0 Å². The van der Waals surface area contributed by atoms with Gasteiger partial charge < -0.3 is 10.4 Å². The Kier molecular flexibility index (Phi) is 3.40. The van der Waals surface area contributed by atoms with E-state index < -0.39 is 6.10 Å². The fraction of sp³-hybridized carbons (Fsp3) is 0.462. The number of aliphatic hydroxyl groups is 1. The molecule has 1 aliphatic heterocycles. The summed E-state index contributed by atoms with van der Waals surface area (Å²) >= 11 is 6.12. The van der Waals surface area contributed by atoms with Crippen molar-refractivity contribution in [3.63, 3.8) is 0 Å². The second-order valence-electron chi connectivity index (χ2n) is 4.48. The van der Waals surface area contributed by atoms with Gasteiger partial charge in [-0.15, -0.1) is 0 Å². The Morgan fingerprint density at radius 3 is 2.88 bits per heavy atom. The molecule has 0 aromatic heterocycles. The maximum atomic E-state index is 11.6. The first kappa shape index (κ1) is 12.4. The third-order valence-electron chi connectivity index (χ3n) is 3.20. The fourth-order valence-corrected chi connectivity index (χ4v) is 2.41. The van der Waals surface area contributed by atoms with E-state index in [-0.39, 0.29) is 11.8 Å². The van der Waals surface area contributed by atoms with Gasteiger partial charge in [-0.25, -0.2) is 0 Å². The van der Waals surface area contributed by atoms with Crippen LogP contribution in [0.4, 0.5) is 5.69 Å². The van der Waals surface area contributed by atoms with Crippen LogP contribution in [0.25, 0.3) is 0 Å². The van der Waals surface area contributed by atoms with Crippen molar-refractivity contribution in [2.45, 2.75) is 38.7 Å². The lowest BCUT2D eigenvalue weighted by atomic mass is 9.97. The summed E-state index contributed by atoms with van der Waals surface area (Å²) in [5.41, 5.74) is 2.36. The van der Waals surface area contributed by atoms with Crippen LogP contribution in [-0.4, -0.2) is 11.0 Å². The molecule has 17 heavy (non-hydrogen) atoms. The van der Waals surface area contributed by atoms with Crippen molar-refractivity contribution in [2.75, 3.05) is 5.32 Å². The van der Waals surface area contributed by atoms with Crippen LogP contribution >= 0.6 is 11.6 Å². The molecule has 92 valence electrons. The fourth-order valence-electron chi connectivity index (χ4n) is 2.13. The summed E-state index contributed by atoms with van der Waals surface area (Å²) in [6.45, 7) is 3.86. The third-order valence-corrected chi connectivity index (χ3v) is 3.50. The van der Waals surface area contributed by atoms with Crippen molar-refractivity contribution in [3.05, 3.63) is 28.3 Å². The zero-order valence-corrected chi connectivity index (χ0v) is 10.7. The molecule has 0 spiro atoms. The minimum atomic E-state index is -0.509. The molecule has 3 nitrogen and oxygen atoms in total. The summed E-state index contributed by atoms with van der Waals surface area (Å²) in [6, 6.07) is 3.61. The number of benzene rings is 1. The lowest BCUT2D eigenvalue weighted by Gasteiger charge is -2.13. The molecule has 0 fully saturated rings. The molecule has 0 saturated carbocycles. The number of carbonyl (C=O) groups excluding carboxylic acids is 1. The highest BCUT2D eigenvalue weighted by atomic mass is 35.5. The molecule has 0 saturated heterocycles. The normalized spacial score (nSPS) is 20.0. The average Bonchev–Trinajstić information content (AvgIpc) is 2.57. The molecular formula is C13H16ClNO2. The van der Waals surface area contributed by atoms with Gasteiger partial charge in [0, 0.05) is 0 Å². The molecule has 2 N–H and O–H groups in total. The zero-order valence-electron chi connectivity index (χ0n) is 9.96. The average molecular weight is 254 g/mol. The van der Waals surface area contributed by atoms with E-state index in [9.17, 15) is 9.90 Å². The molecule has 1 heterocycles. The lowest BCUT2D eigenvalue weighted by molar-refractivity contribution is -0.116. The summed E-state index contributed by atoms with van der Waals surface area (Å²) in [4.78, 5) is 11.6. The van der Waals surface area contributed by atoms with Crippen LogP contribution in [-0.2, 0) is 4.79 Å². The number of carbonyl (C=O) groups is 1. The van der Waals surface area contributed by atoms with Crippen molar-refractivity contribution in [2.24, 2.45) is 0 Å². The first-order valence-corrected chi connectivity index (χ1v) is 6.24. The maximum absolute atomic E-state index is 11.6. The van der Waals surface area contributed by atoms with Crippen LogP contribution < -0.4 is 5.32 Å². The van der Waals surface area contributed by atoms with E-state index >= 15 is 0 Å². The van der Waals surface area contributed by atoms with E-state index in [4.69, 9.17) is 11.6 Å². The van der Waals surface area contributed by atoms with Gasteiger partial charge in [0.1, 0.15) is 0 Å². The van der Waals surface area contributed by atoms with Crippen LogP contribution in [0.5, 0.6) is 0 Å². The Hall–Kier alpha value is -1.06. The van der Waals surface area contributed by atoms with Gasteiger partial charge in [-0.3, -0.25) is 4.79 Å². The van der Waals surface area contributed by atoms with Crippen molar-refractivity contribution < 1.29 is 9.90 Å². The predicted molar refractivity (Wildman–Crippen MR) is 68.4 cm³/mol. The first-order valence-electron chi connectivity index (χ1n) is 5.86. The number of fused-ring (bicyclic) bond motifs is 1. The smallest absolute Gasteiger partial charge is 0.231 e. The van der Waals surface area contributed by atoms with Crippen molar-refractivity contribution in [1.82, 2.24) is 0 Å². The first-order chi connectivity index (χ1) is 8.04. The molecular weight excluding hydrogens is 238 g/mol.